The molecule has 2 aliphatic rings. The summed E-state index contributed by atoms with van der Waals surface area (Å²) < 4.78 is 18.9. The number of benzene rings is 2. The third kappa shape index (κ3) is 3.74. The first kappa shape index (κ1) is 19.9. The molecule has 1 fully saturated rings. The molecule has 5 rings (SSSR count). The number of aromatic nitrogens is 1. The minimum absolute atomic E-state index is 0.354. The standard InChI is InChI=1S/C24H24FN3O3/c25-15-7-8-18-20(14-15)31-27-22(18)17-9-10-19-21(24(30)26-23(19)29)16(17)6-2-5-13-28-11-3-1-4-12-28/h7-10,14H,1-6,11-13H2,(H,26,29,30). The van der Waals surface area contributed by atoms with E-state index in [1.807, 2.05) is 6.07 Å². The van der Waals surface area contributed by atoms with Crippen LogP contribution in [0.2, 0.25) is 0 Å². The van der Waals surface area contributed by atoms with Crippen LogP contribution in [-0.2, 0) is 6.42 Å². The van der Waals surface area contributed by atoms with Gasteiger partial charge in [-0.25, -0.2) is 4.39 Å². The number of nitrogens with zero attached hydrogens (tertiary/aromatic N) is 2. The van der Waals surface area contributed by atoms with Crippen LogP contribution in [0.3, 0.4) is 0 Å². The van der Waals surface area contributed by atoms with E-state index >= 15 is 0 Å². The lowest BCUT2D eigenvalue weighted by Gasteiger charge is -2.26. The molecule has 0 aliphatic carbocycles. The zero-order valence-corrected chi connectivity index (χ0v) is 17.2. The molecule has 0 atom stereocenters. The van der Waals surface area contributed by atoms with E-state index in [1.54, 1.807) is 12.1 Å². The maximum atomic E-state index is 13.6. The van der Waals surface area contributed by atoms with Gasteiger partial charge in [-0.2, -0.15) is 0 Å². The molecule has 1 saturated heterocycles. The molecule has 6 nitrogen and oxygen atoms in total. The van der Waals surface area contributed by atoms with Gasteiger partial charge < -0.3 is 9.42 Å². The highest BCUT2D eigenvalue weighted by Gasteiger charge is 2.31. The zero-order chi connectivity index (χ0) is 21.4. The average molecular weight is 421 g/mol. The van der Waals surface area contributed by atoms with Crippen LogP contribution in [0.4, 0.5) is 4.39 Å². The molecule has 0 bridgehead atoms. The lowest BCUT2D eigenvalue weighted by Crippen LogP contribution is -2.30. The van der Waals surface area contributed by atoms with Crippen molar-refractivity contribution in [1.82, 2.24) is 15.4 Å². The highest BCUT2D eigenvalue weighted by atomic mass is 19.1. The largest absolute Gasteiger partial charge is 0.356 e. The van der Waals surface area contributed by atoms with Crippen molar-refractivity contribution in [1.29, 1.82) is 0 Å². The van der Waals surface area contributed by atoms with Crippen LogP contribution >= 0.6 is 0 Å². The number of carbonyl (C=O) groups excluding carboxylic acids is 2. The summed E-state index contributed by atoms with van der Waals surface area (Å²) in [7, 11) is 0. The van der Waals surface area contributed by atoms with Gasteiger partial charge in [0.15, 0.2) is 5.58 Å². The average Bonchev–Trinajstić information content (AvgIpc) is 3.32. The van der Waals surface area contributed by atoms with Crippen LogP contribution in [0.15, 0.2) is 34.9 Å². The van der Waals surface area contributed by atoms with E-state index in [0.29, 0.717) is 34.2 Å². The fraction of sp³-hybridized carbons (Fsp3) is 0.375. The molecular weight excluding hydrogens is 397 g/mol. The summed E-state index contributed by atoms with van der Waals surface area (Å²) in [5.74, 6) is -1.13. The molecule has 2 aliphatic heterocycles. The second kappa shape index (κ2) is 8.23. The SMILES string of the molecule is O=C1NC(=O)c2c1ccc(-c1noc3cc(F)ccc13)c2CCCCN1CCCCC1. The zero-order valence-electron chi connectivity index (χ0n) is 17.2. The summed E-state index contributed by atoms with van der Waals surface area (Å²) in [6, 6.07) is 7.78. The Morgan fingerprint density at radius 1 is 1.00 bits per heavy atom. The number of amides is 2. The van der Waals surface area contributed by atoms with Gasteiger partial charge in [0.25, 0.3) is 11.8 Å². The summed E-state index contributed by atoms with van der Waals surface area (Å²) in [5.41, 5.74) is 3.31. The van der Waals surface area contributed by atoms with Crippen molar-refractivity contribution in [3.63, 3.8) is 0 Å². The van der Waals surface area contributed by atoms with E-state index < -0.39 is 5.82 Å². The molecule has 0 saturated carbocycles. The monoisotopic (exact) mass is 421 g/mol. The van der Waals surface area contributed by atoms with Crippen molar-refractivity contribution in [3.05, 3.63) is 52.8 Å². The van der Waals surface area contributed by atoms with Gasteiger partial charge in [-0.05, 0) is 75.5 Å². The number of hydrogen-bond acceptors (Lipinski definition) is 5. The maximum absolute atomic E-state index is 13.6. The van der Waals surface area contributed by atoms with Gasteiger partial charge in [-0.1, -0.05) is 17.6 Å². The number of rotatable bonds is 6. The van der Waals surface area contributed by atoms with Crippen molar-refractivity contribution >= 4 is 22.8 Å². The highest BCUT2D eigenvalue weighted by Crippen LogP contribution is 2.35. The Bertz CT molecular complexity index is 1160. The molecule has 31 heavy (non-hydrogen) atoms. The molecule has 1 aromatic heterocycles. The normalized spacial score (nSPS) is 16.7. The summed E-state index contributed by atoms with van der Waals surface area (Å²) in [4.78, 5) is 27.3. The Labute approximate surface area is 179 Å². The first-order chi connectivity index (χ1) is 15.1. The second-order valence-corrected chi connectivity index (χ2v) is 8.33. The molecule has 0 radical (unpaired) electrons. The topological polar surface area (TPSA) is 75.4 Å². The minimum Gasteiger partial charge on any atom is -0.356 e. The van der Waals surface area contributed by atoms with Crippen molar-refractivity contribution in [3.8, 4) is 11.3 Å². The van der Waals surface area contributed by atoms with Gasteiger partial charge in [-0.15, -0.1) is 0 Å². The highest BCUT2D eigenvalue weighted by molar-refractivity contribution is 6.22. The Kier molecular flexibility index (Phi) is 5.28. The Morgan fingerprint density at radius 2 is 1.81 bits per heavy atom. The van der Waals surface area contributed by atoms with E-state index in [2.05, 4.69) is 15.4 Å². The number of halogens is 1. The smallest absolute Gasteiger partial charge is 0.259 e. The summed E-state index contributed by atoms with van der Waals surface area (Å²) in [6.45, 7) is 3.36. The fourth-order valence-electron chi connectivity index (χ4n) is 4.74. The fourth-order valence-corrected chi connectivity index (χ4v) is 4.74. The second-order valence-electron chi connectivity index (χ2n) is 8.33. The van der Waals surface area contributed by atoms with E-state index in [1.165, 1.54) is 31.4 Å². The maximum Gasteiger partial charge on any atom is 0.259 e. The molecule has 0 unspecified atom stereocenters. The number of hydrogen-bond donors (Lipinski definition) is 1. The van der Waals surface area contributed by atoms with Crippen LogP contribution in [0.1, 0.15) is 58.4 Å². The number of piperidine rings is 1. The van der Waals surface area contributed by atoms with Crippen molar-refractivity contribution in [2.75, 3.05) is 19.6 Å². The van der Waals surface area contributed by atoms with Crippen molar-refractivity contribution in [2.45, 2.75) is 38.5 Å². The number of unbranched alkanes of at least 4 members (excludes halogenated alkanes) is 1. The van der Waals surface area contributed by atoms with Crippen molar-refractivity contribution < 1.29 is 18.5 Å². The van der Waals surface area contributed by atoms with Gasteiger partial charge in [0, 0.05) is 17.0 Å². The predicted octanol–water partition coefficient (Wildman–Crippen LogP) is 4.33. The number of imide groups is 1. The van der Waals surface area contributed by atoms with Gasteiger partial charge in [0.1, 0.15) is 11.5 Å². The third-order valence-corrected chi connectivity index (χ3v) is 6.30. The van der Waals surface area contributed by atoms with E-state index in [4.69, 9.17) is 4.52 Å². The van der Waals surface area contributed by atoms with Crippen LogP contribution in [-0.4, -0.2) is 41.5 Å². The first-order valence-corrected chi connectivity index (χ1v) is 10.9. The van der Waals surface area contributed by atoms with E-state index in [9.17, 15) is 14.0 Å². The first-order valence-electron chi connectivity index (χ1n) is 10.9. The number of fused-ring (bicyclic) bond motifs is 2. The van der Waals surface area contributed by atoms with Gasteiger partial charge in [-0.3, -0.25) is 14.9 Å². The quantitative estimate of drug-likeness (QED) is 0.474. The van der Waals surface area contributed by atoms with Gasteiger partial charge in [0.2, 0.25) is 0 Å². The van der Waals surface area contributed by atoms with Crippen LogP contribution in [0.25, 0.3) is 22.2 Å². The predicted molar refractivity (Wildman–Crippen MR) is 114 cm³/mol. The molecule has 160 valence electrons. The molecule has 2 amide bonds. The van der Waals surface area contributed by atoms with Gasteiger partial charge in [0.05, 0.1) is 11.1 Å². The Hall–Kier alpha value is -3.06. The summed E-state index contributed by atoms with van der Waals surface area (Å²) in [6.07, 6.45) is 6.41. The molecule has 1 N–H and O–H groups in total. The van der Waals surface area contributed by atoms with E-state index in [-0.39, 0.29) is 11.8 Å². The lowest BCUT2D eigenvalue weighted by molar-refractivity contribution is 0.0879. The lowest BCUT2D eigenvalue weighted by atomic mass is 9.90. The summed E-state index contributed by atoms with van der Waals surface area (Å²) >= 11 is 0. The Balaban J connectivity index is 1.47. The van der Waals surface area contributed by atoms with E-state index in [0.717, 1.165) is 43.6 Å². The summed E-state index contributed by atoms with van der Waals surface area (Å²) in [5, 5.41) is 7.26. The molecule has 7 heteroatoms. The van der Waals surface area contributed by atoms with Crippen LogP contribution < -0.4 is 5.32 Å². The number of likely N-dealkylation sites (tertiary alicyclic amines) is 1. The van der Waals surface area contributed by atoms with Crippen LogP contribution in [0.5, 0.6) is 0 Å². The van der Waals surface area contributed by atoms with Gasteiger partial charge >= 0.3 is 0 Å². The number of nitrogens with one attached hydrogen (secondary N) is 1. The molecular formula is C24H24FN3O3. The molecule has 3 heterocycles. The Morgan fingerprint density at radius 3 is 2.65 bits per heavy atom. The third-order valence-electron chi connectivity index (χ3n) is 6.30. The molecule has 3 aromatic rings. The molecule has 0 spiro atoms. The van der Waals surface area contributed by atoms with Crippen LogP contribution in [0, 0.1) is 5.82 Å². The molecule has 2 aromatic carbocycles. The minimum atomic E-state index is -0.396. The van der Waals surface area contributed by atoms with Crippen molar-refractivity contribution in [2.24, 2.45) is 0 Å². The number of carbonyl (C=O) groups is 2.